The second-order valence-electron chi connectivity index (χ2n) is 2.49. The highest BCUT2D eigenvalue weighted by molar-refractivity contribution is 5.28. The Morgan fingerprint density at radius 2 is 2.09 bits per heavy atom. The fourth-order valence-electron chi connectivity index (χ4n) is 0.928. The fraction of sp³-hybridized carbons (Fsp3) is 0.375. The number of aryl methyl sites for hydroxylation is 2. The summed E-state index contributed by atoms with van der Waals surface area (Å²) in [5.41, 5.74) is 1.50. The summed E-state index contributed by atoms with van der Waals surface area (Å²) in [7, 11) is 1.59. The zero-order valence-electron chi connectivity index (χ0n) is 6.92. The van der Waals surface area contributed by atoms with Gasteiger partial charge in [-0.05, 0) is 6.92 Å². The molecule has 11 heavy (non-hydrogen) atoms. The first kappa shape index (κ1) is 7.85. The minimum Gasteiger partial charge on any atom is -0.618 e. The summed E-state index contributed by atoms with van der Waals surface area (Å²) in [6.07, 6.45) is 1.51. The largest absolute Gasteiger partial charge is 0.618 e. The topological polar surface area (TPSA) is 36.2 Å². The molecule has 0 aliphatic carbocycles. The third-order valence-corrected chi connectivity index (χ3v) is 1.61. The number of hydrogen-bond donors (Lipinski definition) is 0. The highest BCUT2D eigenvalue weighted by Crippen LogP contribution is 2.14. The highest BCUT2D eigenvalue weighted by Gasteiger charge is 2.05. The first-order valence-corrected chi connectivity index (χ1v) is 3.39. The molecule has 0 radical (unpaired) electrons. The molecule has 0 bridgehead atoms. The van der Waals surface area contributed by atoms with Crippen LogP contribution in [0, 0.1) is 19.1 Å². The molecule has 1 aromatic rings. The van der Waals surface area contributed by atoms with Crippen LogP contribution in [0.2, 0.25) is 0 Å². The van der Waals surface area contributed by atoms with E-state index in [1.165, 1.54) is 6.20 Å². The molecule has 3 heteroatoms. The van der Waals surface area contributed by atoms with Crippen LogP contribution in [0.5, 0.6) is 5.75 Å². The summed E-state index contributed by atoms with van der Waals surface area (Å²) < 4.78 is 5.86. The van der Waals surface area contributed by atoms with Gasteiger partial charge in [0.25, 0.3) is 0 Å². The molecule has 0 saturated carbocycles. The first-order valence-electron chi connectivity index (χ1n) is 3.39. The molecule has 0 saturated heterocycles. The number of methoxy groups -OCH3 is 1. The van der Waals surface area contributed by atoms with Gasteiger partial charge in [0, 0.05) is 13.0 Å². The monoisotopic (exact) mass is 153 g/mol. The van der Waals surface area contributed by atoms with Gasteiger partial charge in [0.05, 0.1) is 12.7 Å². The van der Waals surface area contributed by atoms with E-state index in [-0.39, 0.29) is 0 Å². The lowest BCUT2D eigenvalue weighted by atomic mass is 10.2. The van der Waals surface area contributed by atoms with Crippen LogP contribution in [0.15, 0.2) is 12.3 Å². The molecular formula is C8H11NO2. The number of aromatic nitrogens is 1. The van der Waals surface area contributed by atoms with E-state index in [9.17, 15) is 5.21 Å². The SMILES string of the molecule is COc1cc(C)[n+]([O-])cc1C. The zero-order valence-corrected chi connectivity index (χ0v) is 6.92. The van der Waals surface area contributed by atoms with E-state index in [2.05, 4.69) is 0 Å². The Hall–Kier alpha value is -1.25. The summed E-state index contributed by atoms with van der Waals surface area (Å²) in [5, 5.41) is 11.0. The van der Waals surface area contributed by atoms with Gasteiger partial charge in [-0.2, -0.15) is 4.73 Å². The van der Waals surface area contributed by atoms with Crippen molar-refractivity contribution in [3.05, 3.63) is 28.7 Å². The van der Waals surface area contributed by atoms with E-state index in [0.717, 1.165) is 16.0 Å². The Bertz CT molecular complexity index is 271. The minimum atomic E-state index is 0.646. The Balaban J connectivity index is 3.21. The van der Waals surface area contributed by atoms with Gasteiger partial charge in [0.2, 0.25) is 0 Å². The maximum Gasteiger partial charge on any atom is 0.193 e. The van der Waals surface area contributed by atoms with Crippen molar-refractivity contribution in [1.29, 1.82) is 0 Å². The van der Waals surface area contributed by atoms with Gasteiger partial charge < -0.3 is 9.94 Å². The van der Waals surface area contributed by atoms with Gasteiger partial charge in [-0.1, -0.05) is 0 Å². The third kappa shape index (κ3) is 1.42. The molecule has 0 aliphatic heterocycles. The van der Waals surface area contributed by atoms with Gasteiger partial charge in [-0.3, -0.25) is 0 Å². The lowest BCUT2D eigenvalue weighted by Crippen LogP contribution is -2.29. The van der Waals surface area contributed by atoms with Crippen molar-refractivity contribution < 1.29 is 9.47 Å². The van der Waals surface area contributed by atoms with Crippen LogP contribution in [-0.2, 0) is 0 Å². The summed E-state index contributed by atoms with van der Waals surface area (Å²) in [6, 6.07) is 1.72. The molecule has 1 aromatic heterocycles. The fourth-order valence-corrected chi connectivity index (χ4v) is 0.928. The molecule has 3 nitrogen and oxygen atoms in total. The predicted molar refractivity (Wildman–Crippen MR) is 41.4 cm³/mol. The molecule has 1 rings (SSSR count). The Morgan fingerprint density at radius 3 is 2.64 bits per heavy atom. The van der Waals surface area contributed by atoms with Gasteiger partial charge in [0.15, 0.2) is 11.9 Å². The number of ether oxygens (including phenoxy) is 1. The molecule has 0 N–H and O–H groups in total. The Kier molecular flexibility index (Phi) is 1.98. The van der Waals surface area contributed by atoms with Crippen LogP contribution in [0.3, 0.4) is 0 Å². The van der Waals surface area contributed by atoms with Crippen molar-refractivity contribution in [3.63, 3.8) is 0 Å². The smallest absolute Gasteiger partial charge is 0.193 e. The summed E-state index contributed by atoms with van der Waals surface area (Å²) in [4.78, 5) is 0. The maximum absolute atomic E-state index is 11.0. The summed E-state index contributed by atoms with van der Waals surface area (Å²) in [5.74, 6) is 0.759. The van der Waals surface area contributed by atoms with Crippen molar-refractivity contribution in [2.75, 3.05) is 7.11 Å². The minimum absolute atomic E-state index is 0.646. The van der Waals surface area contributed by atoms with Crippen molar-refractivity contribution in [2.24, 2.45) is 0 Å². The second-order valence-corrected chi connectivity index (χ2v) is 2.49. The van der Waals surface area contributed by atoms with E-state index >= 15 is 0 Å². The van der Waals surface area contributed by atoms with Gasteiger partial charge in [0.1, 0.15) is 5.75 Å². The van der Waals surface area contributed by atoms with E-state index < -0.39 is 0 Å². The first-order chi connectivity index (χ1) is 5.15. The molecule has 0 spiro atoms. The molecular weight excluding hydrogens is 142 g/mol. The van der Waals surface area contributed by atoms with Crippen LogP contribution in [0.4, 0.5) is 0 Å². The van der Waals surface area contributed by atoms with E-state index in [4.69, 9.17) is 4.74 Å². The van der Waals surface area contributed by atoms with Crippen molar-refractivity contribution in [3.8, 4) is 5.75 Å². The maximum atomic E-state index is 11.0. The highest BCUT2D eigenvalue weighted by atomic mass is 16.5. The predicted octanol–water partition coefficient (Wildman–Crippen LogP) is 0.945. The lowest BCUT2D eigenvalue weighted by Gasteiger charge is -2.05. The Labute approximate surface area is 65.8 Å². The lowest BCUT2D eigenvalue weighted by molar-refractivity contribution is -0.612. The Morgan fingerprint density at radius 1 is 1.45 bits per heavy atom. The number of hydrogen-bond acceptors (Lipinski definition) is 2. The van der Waals surface area contributed by atoms with Crippen LogP contribution in [0.1, 0.15) is 11.3 Å². The summed E-state index contributed by atoms with van der Waals surface area (Å²) in [6.45, 7) is 3.58. The zero-order chi connectivity index (χ0) is 8.43. The molecule has 1 heterocycles. The average Bonchev–Trinajstić information content (AvgIpc) is 1.97. The number of nitrogens with zero attached hydrogens (tertiary/aromatic N) is 1. The average molecular weight is 153 g/mol. The van der Waals surface area contributed by atoms with Gasteiger partial charge >= 0.3 is 0 Å². The van der Waals surface area contributed by atoms with E-state index in [1.54, 1.807) is 20.1 Å². The molecule has 0 unspecified atom stereocenters. The van der Waals surface area contributed by atoms with Crippen LogP contribution in [-0.4, -0.2) is 7.11 Å². The van der Waals surface area contributed by atoms with Crippen molar-refractivity contribution in [2.45, 2.75) is 13.8 Å². The second kappa shape index (κ2) is 2.78. The quantitative estimate of drug-likeness (QED) is 0.444. The van der Waals surface area contributed by atoms with Crippen molar-refractivity contribution in [1.82, 2.24) is 0 Å². The molecule has 0 fully saturated rings. The normalized spacial score (nSPS) is 9.73. The standard InChI is InChI=1S/C8H11NO2/c1-6-5-9(10)7(2)4-8(6)11-3/h4-5H,1-3H3. The van der Waals surface area contributed by atoms with E-state index in [1.807, 2.05) is 6.92 Å². The molecule has 0 aromatic carbocycles. The number of pyridine rings is 1. The van der Waals surface area contributed by atoms with Gasteiger partial charge in [-0.25, -0.2) is 0 Å². The molecule has 60 valence electrons. The molecule has 0 amide bonds. The van der Waals surface area contributed by atoms with Crippen LogP contribution < -0.4 is 9.47 Å². The summed E-state index contributed by atoms with van der Waals surface area (Å²) >= 11 is 0. The molecule has 0 aliphatic rings. The van der Waals surface area contributed by atoms with Crippen LogP contribution in [0.25, 0.3) is 0 Å². The molecule has 0 atom stereocenters. The van der Waals surface area contributed by atoms with Crippen molar-refractivity contribution >= 4 is 0 Å². The van der Waals surface area contributed by atoms with E-state index in [0.29, 0.717) is 5.69 Å². The third-order valence-electron chi connectivity index (χ3n) is 1.61. The van der Waals surface area contributed by atoms with Gasteiger partial charge in [-0.15, -0.1) is 0 Å². The number of rotatable bonds is 1. The van der Waals surface area contributed by atoms with Crippen LogP contribution >= 0.6 is 0 Å².